The second-order valence-electron chi connectivity index (χ2n) is 5.58. The summed E-state index contributed by atoms with van der Waals surface area (Å²) in [5.74, 6) is 0. The molecule has 0 unspecified atom stereocenters. The third-order valence-corrected chi connectivity index (χ3v) is 4.37. The van der Waals surface area contributed by atoms with Gasteiger partial charge in [-0.1, -0.05) is 12.1 Å². The lowest BCUT2D eigenvalue weighted by molar-refractivity contribution is 0.402. The lowest BCUT2D eigenvalue weighted by Crippen LogP contribution is -2.48. The number of benzene rings is 1. The number of nitrogens with one attached hydrogen (secondary N) is 1. The molecule has 0 spiro atoms. The number of nitrogens with zero attached hydrogens (tertiary/aromatic N) is 1. The van der Waals surface area contributed by atoms with Crippen LogP contribution < -0.4 is 10.5 Å². The van der Waals surface area contributed by atoms with Crippen molar-refractivity contribution in [3.8, 4) is 0 Å². The fourth-order valence-electron chi connectivity index (χ4n) is 1.60. The minimum Gasteiger partial charge on any atom is -0.329 e. The molecule has 0 atom stereocenters. The van der Waals surface area contributed by atoms with Crippen molar-refractivity contribution in [3.63, 3.8) is 0 Å². The Balaban J connectivity index is 2.91. The molecule has 0 aromatic heterocycles. The highest BCUT2D eigenvalue weighted by atomic mass is 32.2. The zero-order valence-corrected chi connectivity index (χ0v) is 12.8. The predicted octanol–water partition coefficient (Wildman–Crippen LogP) is 0.764. The van der Waals surface area contributed by atoms with E-state index in [2.05, 4.69) is 4.72 Å². The van der Waals surface area contributed by atoms with Crippen LogP contribution in [-0.4, -0.2) is 39.5 Å². The van der Waals surface area contributed by atoms with E-state index in [-0.39, 0.29) is 11.4 Å². The molecule has 3 N–H and O–H groups in total. The van der Waals surface area contributed by atoms with Crippen LogP contribution in [0.5, 0.6) is 0 Å². The first kappa shape index (κ1) is 16.1. The number of hydrogen-bond donors (Lipinski definition) is 2. The molecule has 1 aromatic rings. The van der Waals surface area contributed by atoms with Gasteiger partial charge in [0.05, 0.1) is 4.90 Å². The van der Waals surface area contributed by atoms with Gasteiger partial charge in [-0.2, -0.15) is 0 Å². The standard InChI is InChI=1S/C13H23N3O2S/c1-13(2,10-14)15-19(17,18)12-7-5-11(6-8-12)9-16(3)4/h5-8,15H,9-10,14H2,1-4H3. The summed E-state index contributed by atoms with van der Waals surface area (Å²) in [7, 11) is 0.418. The molecule has 0 amide bonds. The van der Waals surface area contributed by atoms with E-state index in [4.69, 9.17) is 5.73 Å². The summed E-state index contributed by atoms with van der Waals surface area (Å²) < 4.78 is 26.9. The first-order valence-corrected chi connectivity index (χ1v) is 7.62. The molecule has 1 aromatic carbocycles. The van der Waals surface area contributed by atoms with Crippen LogP contribution in [0.2, 0.25) is 0 Å². The van der Waals surface area contributed by atoms with Crippen LogP contribution >= 0.6 is 0 Å². The molecule has 0 fully saturated rings. The van der Waals surface area contributed by atoms with Crippen LogP contribution in [0.3, 0.4) is 0 Å². The third kappa shape index (κ3) is 4.91. The summed E-state index contributed by atoms with van der Waals surface area (Å²) in [5, 5.41) is 0. The molecule has 0 saturated carbocycles. The average Bonchev–Trinajstić information content (AvgIpc) is 2.27. The molecule has 0 aliphatic rings. The Labute approximate surface area is 115 Å². The third-order valence-electron chi connectivity index (χ3n) is 2.65. The van der Waals surface area contributed by atoms with Crippen molar-refractivity contribution in [3.05, 3.63) is 29.8 Å². The van der Waals surface area contributed by atoms with Crippen LogP contribution in [0.4, 0.5) is 0 Å². The molecule has 5 nitrogen and oxygen atoms in total. The SMILES string of the molecule is CN(C)Cc1ccc(S(=O)(=O)NC(C)(C)CN)cc1. The van der Waals surface area contributed by atoms with Crippen LogP contribution in [0, 0.1) is 0 Å². The van der Waals surface area contributed by atoms with Gasteiger partial charge in [-0.25, -0.2) is 13.1 Å². The van der Waals surface area contributed by atoms with Gasteiger partial charge >= 0.3 is 0 Å². The van der Waals surface area contributed by atoms with Crippen molar-refractivity contribution in [2.45, 2.75) is 30.8 Å². The van der Waals surface area contributed by atoms with Gasteiger partial charge in [0.25, 0.3) is 0 Å². The Kier molecular flexibility index (Phi) is 5.09. The number of sulfonamides is 1. The van der Waals surface area contributed by atoms with Crippen molar-refractivity contribution >= 4 is 10.0 Å². The Bertz CT molecular complexity index is 507. The molecule has 6 heteroatoms. The lowest BCUT2D eigenvalue weighted by Gasteiger charge is -2.23. The molecule has 0 aliphatic carbocycles. The van der Waals surface area contributed by atoms with Crippen molar-refractivity contribution in [2.75, 3.05) is 20.6 Å². The van der Waals surface area contributed by atoms with Gasteiger partial charge in [-0.15, -0.1) is 0 Å². The summed E-state index contributed by atoms with van der Waals surface area (Å²) in [6, 6.07) is 6.88. The highest BCUT2D eigenvalue weighted by molar-refractivity contribution is 7.89. The van der Waals surface area contributed by atoms with Crippen molar-refractivity contribution in [2.24, 2.45) is 5.73 Å². The quantitative estimate of drug-likeness (QED) is 0.809. The van der Waals surface area contributed by atoms with E-state index in [0.717, 1.165) is 12.1 Å². The molecule has 0 radical (unpaired) electrons. The van der Waals surface area contributed by atoms with Crippen LogP contribution in [0.1, 0.15) is 19.4 Å². The molecule has 0 heterocycles. The molecule has 0 saturated heterocycles. The Morgan fingerprint density at radius 3 is 2.16 bits per heavy atom. The van der Waals surface area contributed by atoms with E-state index < -0.39 is 15.6 Å². The summed E-state index contributed by atoms with van der Waals surface area (Å²) >= 11 is 0. The lowest BCUT2D eigenvalue weighted by atomic mass is 10.1. The van der Waals surface area contributed by atoms with Crippen molar-refractivity contribution in [1.82, 2.24) is 9.62 Å². The fraction of sp³-hybridized carbons (Fsp3) is 0.538. The van der Waals surface area contributed by atoms with Gasteiger partial charge in [0.2, 0.25) is 10.0 Å². The molecule has 108 valence electrons. The summed E-state index contributed by atoms with van der Waals surface area (Å²) in [4.78, 5) is 2.29. The van der Waals surface area contributed by atoms with Gasteiger partial charge in [0.1, 0.15) is 0 Å². The highest BCUT2D eigenvalue weighted by Crippen LogP contribution is 2.14. The minimum atomic E-state index is -3.52. The highest BCUT2D eigenvalue weighted by Gasteiger charge is 2.24. The smallest absolute Gasteiger partial charge is 0.241 e. The molecule has 1 rings (SSSR count). The maximum Gasteiger partial charge on any atom is 0.241 e. The van der Waals surface area contributed by atoms with Gasteiger partial charge in [0.15, 0.2) is 0 Å². The first-order chi connectivity index (χ1) is 8.66. The van der Waals surface area contributed by atoms with Crippen molar-refractivity contribution in [1.29, 1.82) is 0 Å². The van der Waals surface area contributed by atoms with E-state index in [0.29, 0.717) is 0 Å². The summed E-state index contributed by atoms with van der Waals surface area (Å²) in [6.07, 6.45) is 0. The zero-order valence-electron chi connectivity index (χ0n) is 12.0. The van der Waals surface area contributed by atoms with Gasteiger partial charge in [-0.05, 0) is 45.6 Å². The normalized spacial score (nSPS) is 12.9. The summed E-state index contributed by atoms with van der Waals surface area (Å²) in [5.41, 5.74) is 5.96. The molecule has 0 bridgehead atoms. The molecule has 19 heavy (non-hydrogen) atoms. The maximum absolute atomic E-state index is 12.2. The molecular formula is C13H23N3O2S. The van der Waals surface area contributed by atoms with E-state index in [1.807, 2.05) is 31.1 Å². The van der Waals surface area contributed by atoms with E-state index >= 15 is 0 Å². The second-order valence-corrected chi connectivity index (χ2v) is 7.26. The van der Waals surface area contributed by atoms with Gasteiger partial charge in [0, 0.05) is 18.6 Å². The summed E-state index contributed by atoms with van der Waals surface area (Å²) in [6.45, 7) is 4.53. The number of rotatable bonds is 6. The van der Waals surface area contributed by atoms with Gasteiger partial charge in [-0.3, -0.25) is 0 Å². The zero-order chi connectivity index (χ0) is 14.7. The van der Waals surface area contributed by atoms with Crippen molar-refractivity contribution < 1.29 is 8.42 Å². The number of hydrogen-bond acceptors (Lipinski definition) is 4. The Morgan fingerprint density at radius 1 is 1.21 bits per heavy atom. The molecule has 0 aliphatic heterocycles. The maximum atomic E-state index is 12.2. The Morgan fingerprint density at radius 2 is 1.74 bits per heavy atom. The first-order valence-electron chi connectivity index (χ1n) is 6.14. The van der Waals surface area contributed by atoms with Gasteiger partial charge < -0.3 is 10.6 Å². The largest absolute Gasteiger partial charge is 0.329 e. The predicted molar refractivity (Wildman–Crippen MR) is 77.3 cm³/mol. The van der Waals surface area contributed by atoms with Crippen LogP contribution in [0.25, 0.3) is 0 Å². The second kappa shape index (κ2) is 6.00. The van der Waals surface area contributed by atoms with Crippen LogP contribution in [0.15, 0.2) is 29.2 Å². The molecular weight excluding hydrogens is 262 g/mol. The monoisotopic (exact) mass is 285 g/mol. The fourth-order valence-corrected chi connectivity index (χ4v) is 3.03. The van der Waals surface area contributed by atoms with E-state index in [1.54, 1.807) is 26.0 Å². The average molecular weight is 285 g/mol. The number of nitrogens with two attached hydrogens (primary N) is 1. The van der Waals surface area contributed by atoms with E-state index in [1.165, 1.54) is 0 Å². The topological polar surface area (TPSA) is 75.4 Å². The Hall–Kier alpha value is -0.950. The van der Waals surface area contributed by atoms with E-state index in [9.17, 15) is 8.42 Å². The minimum absolute atomic E-state index is 0.241. The van der Waals surface area contributed by atoms with Crippen LogP contribution in [-0.2, 0) is 16.6 Å².